The normalized spacial score (nSPS) is 11.5. The molecule has 0 saturated heterocycles. The van der Waals surface area contributed by atoms with Crippen molar-refractivity contribution in [3.05, 3.63) is 78.4 Å². The van der Waals surface area contributed by atoms with E-state index in [1.165, 1.54) is 10.9 Å². The highest BCUT2D eigenvalue weighted by Crippen LogP contribution is 2.32. The van der Waals surface area contributed by atoms with Crippen LogP contribution in [-0.2, 0) is 6.42 Å². The van der Waals surface area contributed by atoms with E-state index < -0.39 is 0 Å². The number of H-pyrrole nitrogens is 3. The summed E-state index contributed by atoms with van der Waals surface area (Å²) in [6.07, 6.45) is 8.08. The van der Waals surface area contributed by atoms with Gasteiger partial charge in [0.15, 0.2) is 0 Å². The molecule has 0 saturated carbocycles. The Bertz CT molecular complexity index is 1640. The van der Waals surface area contributed by atoms with Gasteiger partial charge in [0.1, 0.15) is 5.82 Å². The van der Waals surface area contributed by atoms with Crippen LogP contribution in [0.25, 0.3) is 43.8 Å². The molecule has 0 bridgehead atoms. The van der Waals surface area contributed by atoms with Gasteiger partial charge in [-0.15, -0.1) is 0 Å². The molecule has 6 N–H and O–H groups in total. The summed E-state index contributed by atoms with van der Waals surface area (Å²) in [7, 11) is 0. The lowest BCUT2D eigenvalue weighted by Gasteiger charge is -2.09. The van der Waals surface area contributed by atoms with E-state index in [4.69, 9.17) is 5.73 Å². The molecule has 4 aromatic heterocycles. The molecule has 0 aliphatic heterocycles. The van der Waals surface area contributed by atoms with Gasteiger partial charge < -0.3 is 21.0 Å². The molecule has 0 spiro atoms. The Labute approximate surface area is 188 Å². The van der Waals surface area contributed by atoms with Crippen LogP contribution in [0, 0.1) is 0 Å². The van der Waals surface area contributed by atoms with E-state index in [-0.39, 0.29) is 5.91 Å². The van der Waals surface area contributed by atoms with E-state index >= 15 is 0 Å². The van der Waals surface area contributed by atoms with Gasteiger partial charge in [0.25, 0.3) is 5.91 Å². The fourth-order valence-electron chi connectivity index (χ4n) is 4.41. The van der Waals surface area contributed by atoms with Gasteiger partial charge in [-0.2, -0.15) is 5.10 Å². The highest BCUT2D eigenvalue weighted by Gasteiger charge is 2.16. The fraction of sp³-hybridized carbons (Fsp3) is 0.0800. The summed E-state index contributed by atoms with van der Waals surface area (Å²) in [4.78, 5) is 23.8. The van der Waals surface area contributed by atoms with Crippen molar-refractivity contribution < 1.29 is 4.79 Å². The molecule has 6 rings (SSSR count). The number of hydrogen-bond acceptors (Lipinski definition) is 4. The zero-order valence-electron chi connectivity index (χ0n) is 17.6. The third kappa shape index (κ3) is 3.28. The molecule has 0 aliphatic carbocycles. The number of nitrogens with zero attached hydrogens (tertiary/aromatic N) is 2. The summed E-state index contributed by atoms with van der Waals surface area (Å²) in [5, 5.41) is 13.2. The zero-order chi connectivity index (χ0) is 22.4. The maximum absolute atomic E-state index is 13.2. The van der Waals surface area contributed by atoms with E-state index in [9.17, 15) is 4.79 Å². The number of rotatable bonds is 5. The van der Waals surface area contributed by atoms with Crippen LogP contribution in [-0.4, -0.2) is 37.6 Å². The Balaban J connectivity index is 1.30. The second-order valence-electron chi connectivity index (χ2n) is 8.08. The number of aromatic amines is 3. The Hall–Kier alpha value is -4.59. The van der Waals surface area contributed by atoms with Gasteiger partial charge in [0, 0.05) is 46.2 Å². The predicted molar refractivity (Wildman–Crippen MR) is 130 cm³/mol. The molecule has 2 aromatic carbocycles. The number of anilines is 1. The van der Waals surface area contributed by atoms with E-state index in [0.717, 1.165) is 39.4 Å². The molecule has 162 valence electrons. The van der Waals surface area contributed by atoms with Crippen LogP contribution in [0.1, 0.15) is 15.9 Å². The molecule has 6 aromatic rings. The van der Waals surface area contributed by atoms with Crippen LogP contribution in [0.2, 0.25) is 0 Å². The van der Waals surface area contributed by atoms with E-state index in [1.807, 2.05) is 48.8 Å². The van der Waals surface area contributed by atoms with Crippen molar-refractivity contribution in [2.24, 2.45) is 0 Å². The first-order chi connectivity index (χ1) is 16.2. The third-order valence-electron chi connectivity index (χ3n) is 6.05. The van der Waals surface area contributed by atoms with Gasteiger partial charge in [-0.25, -0.2) is 4.98 Å². The van der Waals surface area contributed by atoms with E-state index in [0.29, 0.717) is 23.4 Å². The highest BCUT2D eigenvalue weighted by atomic mass is 16.1. The minimum Gasteiger partial charge on any atom is -0.384 e. The van der Waals surface area contributed by atoms with Gasteiger partial charge in [-0.05, 0) is 41.8 Å². The van der Waals surface area contributed by atoms with Gasteiger partial charge in [-0.1, -0.05) is 18.2 Å². The molecule has 0 atom stereocenters. The average Bonchev–Trinajstić information content (AvgIpc) is 3.56. The number of amides is 1. The van der Waals surface area contributed by atoms with Crippen LogP contribution in [0.15, 0.2) is 67.3 Å². The van der Waals surface area contributed by atoms with Crippen LogP contribution < -0.4 is 11.1 Å². The molecule has 0 unspecified atom stereocenters. The fourth-order valence-corrected chi connectivity index (χ4v) is 4.41. The largest absolute Gasteiger partial charge is 0.384 e. The SMILES string of the molecule is Nc1cc2c(-c3cc(C(=O)NCCc4c[nH]c5ccccc45)c4[nH]ncc4c3)c[nH]c2cn1. The average molecular weight is 435 g/mol. The molecular weight excluding hydrogens is 414 g/mol. The van der Waals surface area contributed by atoms with Gasteiger partial charge in [-0.3, -0.25) is 9.89 Å². The van der Waals surface area contributed by atoms with Gasteiger partial charge >= 0.3 is 0 Å². The van der Waals surface area contributed by atoms with E-state index in [1.54, 1.807) is 12.4 Å². The molecule has 0 radical (unpaired) electrons. The number of hydrogen-bond donors (Lipinski definition) is 5. The van der Waals surface area contributed by atoms with Crippen molar-refractivity contribution in [2.75, 3.05) is 12.3 Å². The number of carbonyl (C=O) groups is 1. The number of benzene rings is 2. The van der Waals surface area contributed by atoms with Crippen molar-refractivity contribution in [3.8, 4) is 11.1 Å². The molecule has 0 aliphatic rings. The molecule has 8 nitrogen and oxygen atoms in total. The second kappa shape index (κ2) is 7.52. The van der Waals surface area contributed by atoms with Gasteiger partial charge in [0.2, 0.25) is 0 Å². The number of fused-ring (bicyclic) bond motifs is 3. The Morgan fingerprint density at radius 2 is 1.88 bits per heavy atom. The van der Waals surface area contributed by atoms with Crippen LogP contribution in [0.5, 0.6) is 0 Å². The Kier molecular flexibility index (Phi) is 4.36. The van der Waals surface area contributed by atoms with Crippen molar-refractivity contribution in [1.29, 1.82) is 0 Å². The lowest BCUT2D eigenvalue weighted by atomic mass is 10.00. The minimum absolute atomic E-state index is 0.146. The van der Waals surface area contributed by atoms with Crippen LogP contribution in [0.4, 0.5) is 5.82 Å². The maximum Gasteiger partial charge on any atom is 0.253 e. The number of carbonyl (C=O) groups excluding carboxylic acids is 1. The Morgan fingerprint density at radius 3 is 2.82 bits per heavy atom. The number of para-hydroxylation sites is 1. The molecule has 0 fully saturated rings. The topological polar surface area (TPSA) is 128 Å². The second-order valence-corrected chi connectivity index (χ2v) is 8.08. The van der Waals surface area contributed by atoms with Crippen molar-refractivity contribution in [3.63, 3.8) is 0 Å². The number of pyridine rings is 1. The first kappa shape index (κ1) is 19.1. The number of nitrogen functional groups attached to an aromatic ring is 1. The molecule has 1 amide bonds. The molecule has 33 heavy (non-hydrogen) atoms. The summed E-state index contributed by atoms with van der Waals surface area (Å²) >= 11 is 0. The summed E-state index contributed by atoms with van der Waals surface area (Å²) in [5.41, 5.74) is 12.2. The van der Waals surface area contributed by atoms with Crippen molar-refractivity contribution in [2.45, 2.75) is 6.42 Å². The quantitative estimate of drug-likeness (QED) is 0.279. The van der Waals surface area contributed by atoms with Crippen LogP contribution in [0.3, 0.4) is 0 Å². The van der Waals surface area contributed by atoms with Crippen molar-refractivity contribution in [1.82, 2.24) is 30.5 Å². The monoisotopic (exact) mass is 435 g/mol. The maximum atomic E-state index is 13.2. The summed E-state index contributed by atoms with van der Waals surface area (Å²) in [5.74, 6) is 0.301. The third-order valence-corrected chi connectivity index (χ3v) is 6.05. The first-order valence-electron chi connectivity index (χ1n) is 10.7. The Morgan fingerprint density at radius 1 is 1.00 bits per heavy atom. The number of nitrogens with one attached hydrogen (secondary N) is 4. The standard InChI is InChI=1S/C25H21N7O/c26-23-9-18-20(12-29-22(18)13-30-23)15-7-16-11-31-32-24(16)19(8-15)25(33)27-6-5-14-10-28-21-4-2-1-3-17(14)21/h1-4,7-13,28-29H,5-6H2,(H2,26,30)(H,27,33)(H,31,32). The molecular formula is C25H21N7O. The summed E-state index contributed by atoms with van der Waals surface area (Å²) < 4.78 is 0. The van der Waals surface area contributed by atoms with Crippen molar-refractivity contribution >= 4 is 44.4 Å². The lowest BCUT2D eigenvalue weighted by Crippen LogP contribution is -2.26. The smallest absolute Gasteiger partial charge is 0.253 e. The van der Waals surface area contributed by atoms with E-state index in [2.05, 4.69) is 36.5 Å². The predicted octanol–water partition coefficient (Wildman–Crippen LogP) is 4.14. The minimum atomic E-state index is -0.146. The number of nitrogens with two attached hydrogens (primary N) is 1. The number of aromatic nitrogens is 5. The molecule has 4 heterocycles. The van der Waals surface area contributed by atoms with Gasteiger partial charge in [0.05, 0.1) is 29.0 Å². The van der Waals surface area contributed by atoms with Crippen LogP contribution >= 0.6 is 0 Å². The molecule has 8 heteroatoms. The first-order valence-corrected chi connectivity index (χ1v) is 10.7. The summed E-state index contributed by atoms with van der Waals surface area (Å²) in [6, 6.07) is 13.9. The lowest BCUT2D eigenvalue weighted by molar-refractivity contribution is 0.0955. The zero-order valence-corrected chi connectivity index (χ0v) is 17.6. The highest BCUT2D eigenvalue weighted by molar-refractivity contribution is 6.08. The summed E-state index contributed by atoms with van der Waals surface area (Å²) in [6.45, 7) is 0.524.